The van der Waals surface area contributed by atoms with Gasteiger partial charge < -0.3 is 16.0 Å². The largest absolute Gasteiger partial charge is 0.399 e. The lowest BCUT2D eigenvalue weighted by Crippen LogP contribution is -2.09. The van der Waals surface area contributed by atoms with Crippen molar-refractivity contribution in [2.24, 2.45) is 0 Å². The molecule has 55 heavy (non-hydrogen) atoms. The smallest absolute Gasteiger partial charge is 0.0462 e. The van der Waals surface area contributed by atoms with Crippen LogP contribution in [0, 0.1) is 3.57 Å². The van der Waals surface area contributed by atoms with Crippen LogP contribution in [0.2, 0.25) is 0 Å². The molecule has 276 valence electrons. The number of anilines is 6. The van der Waals surface area contributed by atoms with Crippen molar-refractivity contribution in [3.05, 3.63) is 248 Å². The quantitative estimate of drug-likeness (QED) is 0.133. The molecule has 0 aliphatic heterocycles. The van der Waals surface area contributed by atoms with Gasteiger partial charge in [0.05, 0.1) is 0 Å². The van der Waals surface area contributed by atoms with E-state index in [-0.39, 0.29) is 0 Å². The maximum absolute atomic E-state index is 5.36. The zero-order valence-corrected chi connectivity index (χ0v) is 36.9. The molecule has 0 aliphatic rings. The average Bonchev–Trinajstić information content (AvgIpc) is 3.23. The standard InChI is InChI=1S/C18H14BrN.C12H11N.C6H4BrI.C6H5Br.C6H7N/c19-15-11-13-18(14-12-15)20(16-7-3-1-4-8-16)17-9-5-2-6-10-17;1-3-7-11(8-4-1)13-12-9-5-2-6-10-12;7-5-1-3-6(8)4-2-5;2*7-6-4-2-1-3-5-6/h1-14H;1-10,13H;1-4H;1-5H;1-5H,7H2. The number of benzene rings is 8. The second kappa shape index (κ2) is 25.4. The monoisotopic (exact) mass is 1020 g/mol. The van der Waals surface area contributed by atoms with Crippen molar-refractivity contribution in [1.29, 1.82) is 0 Å². The molecular weight excluding hydrogens is 985 g/mol. The fraction of sp³-hybridized carbons (Fsp3) is 0. The lowest BCUT2D eigenvalue weighted by Gasteiger charge is -2.25. The normalized spacial score (nSPS) is 9.53. The summed E-state index contributed by atoms with van der Waals surface area (Å²) in [5.41, 5.74) is 11.9. The molecule has 0 unspecified atom stereocenters. The van der Waals surface area contributed by atoms with E-state index in [2.05, 4.69) is 166 Å². The van der Waals surface area contributed by atoms with Crippen molar-refractivity contribution in [3.8, 4) is 0 Å². The van der Waals surface area contributed by atoms with E-state index in [0.29, 0.717) is 0 Å². The van der Waals surface area contributed by atoms with Crippen LogP contribution in [-0.4, -0.2) is 0 Å². The number of nitrogens with one attached hydrogen (secondary N) is 1. The van der Waals surface area contributed by atoms with Crippen molar-refractivity contribution < 1.29 is 0 Å². The summed E-state index contributed by atoms with van der Waals surface area (Å²) < 4.78 is 4.63. The summed E-state index contributed by atoms with van der Waals surface area (Å²) in [5.74, 6) is 0. The van der Waals surface area contributed by atoms with Crippen LogP contribution in [0.25, 0.3) is 0 Å². The van der Waals surface area contributed by atoms with Crippen LogP contribution in [0.15, 0.2) is 244 Å². The molecular formula is C48H41Br3IN3. The molecule has 0 saturated heterocycles. The van der Waals surface area contributed by atoms with Gasteiger partial charge in [-0.1, -0.05) is 157 Å². The predicted molar refractivity (Wildman–Crippen MR) is 257 cm³/mol. The molecule has 3 N–H and O–H groups in total. The van der Waals surface area contributed by atoms with Crippen molar-refractivity contribution >= 4 is 105 Å². The van der Waals surface area contributed by atoms with Gasteiger partial charge in [-0.2, -0.15) is 0 Å². The van der Waals surface area contributed by atoms with Crippen LogP contribution in [0.3, 0.4) is 0 Å². The average molecular weight is 1030 g/mol. The van der Waals surface area contributed by atoms with E-state index in [9.17, 15) is 0 Å². The van der Waals surface area contributed by atoms with E-state index in [4.69, 9.17) is 5.73 Å². The van der Waals surface area contributed by atoms with Crippen LogP contribution < -0.4 is 16.0 Å². The number of hydrogen-bond donors (Lipinski definition) is 2. The molecule has 8 aromatic carbocycles. The van der Waals surface area contributed by atoms with Gasteiger partial charge in [-0.15, -0.1) is 0 Å². The van der Waals surface area contributed by atoms with Crippen LogP contribution in [0.1, 0.15) is 0 Å². The number of nitrogens with zero attached hydrogens (tertiary/aromatic N) is 1. The minimum Gasteiger partial charge on any atom is -0.399 e. The number of nitrogens with two attached hydrogens (primary N) is 1. The van der Waals surface area contributed by atoms with Crippen LogP contribution >= 0.6 is 70.4 Å². The molecule has 0 bridgehead atoms. The Kier molecular flexibility index (Phi) is 19.9. The van der Waals surface area contributed by atoms with Gasteiger partial charge in [-0.3, -0.25) is 0 Å². The van der Waals surface area contributed by atoms with E-state index in [0.717, 1.165) is 47.5 Å². The van der Waals surface area contributed by atoms with Crippen molar-refractivity contribution in [1.82, 2.24) is 0 Å². The molecule has 8 rings (SSSR count). The zero-order chi connectivity index (χ0) is 38.9. The molecule has 0 amide bonds. The van der Waals surface area contributed by atoms with Crippen molar-refractivity contribution in [3.63, 3.8) is 0 Å². The molecule has 0 aliphatic carbocycles. The highest BCUT2D eigenvalue weighted by Crippen LogP contribution is 2.34. The van der Waals surface area contributed by atoms with Gasteiger partial charge in [0.2, 0.25) is 0 Å². The van der Waals surface area contributed by atoms with E-state index in [1.807, 2.05) is 146 Å². The number of para-hydroxylation sites is 5. The number of halogens is 4. The molecule has 0 aromatic heterocycles. The highest BCUT2D eigenvalue weighted by molar-refractivity contribution is 14.1. The highest BCUT2D eigenvalue weighted by atomic mass is 127. The molecule has 0 heterocycles. The van der Waals surface area contributed by atoms with Gasteiger partial charge in [0, 0.05) is 51.1 Å². The Labute approximate surface area is 364 Å². The van der Waals surface area contributed by atoms with Crippen LogP contribution in [0.5, 0.6) is 0 Å². The summed E-state index contributed by atoms with van der Waals surface area (Å²) in [6.07, 6.45) is 0. The molecule has 8 aromatic rings. The van der Waals surface area contributed by atoms with Crippen LogP contribution in [-0.2, 0) is 0 Å². The van der Waals surface area contributed by atoms with Gasteiger partial charge in [-0.05, 0) is 144 Å². The molecule has 0 spiro atoms. The summed E-state index contributed by atoms with van der Waals surface area (Å²) in [6, 6.07) is 77.1. The van der Waals surface area contributed by atoms with Crippen molar-refractivity contribution in [2.45, 2.75) is 0 Å². The highest BCUT2D eigenvalue weighted by Gasteiger charge is 2.11. The Balaban J connectivity index is 0.000000165. The third kappa shape index (κ3) is 17.6. The van der Waals surface area contributed by atoms with Crippen LogP contribution in [0.4, 0.5) is 34.1 Å². The minimum absolute atomic E-state index is 0.822. The Morgan fingerprint density at radius 1 is 0.345 bits per heavy atom. The summed E-state index contributed by atoms with van der Waals surface area (Å²) in [7, 11) is 0. The first-order valence-corrected chi connectivity index (χ1v) is 20.8. The predicted octanol–water partition coefficient (Wildman–Crippen LogP) is 16.1. The van der Waals surface area contributed by atoms with E-state index >= 15 is 0 Å². The Hall–Kier alpha value is -4.67. The third-order valence-electron chi connectivity index (χ3n) is 7.29. The summed E-state index contributed by atoms with van der Waals surface area (Å²) in [4.78, 5) is 2.24. The molecule has 0 saturated carbocycles. The fourth-order valence-electron chi connectivity index (χ4n) is 4.70. The number of hydrogen-bond acceptors (Lipinski definition) is 3. The maximum Gasteiger partial charge on any atom is 0.0462 e. The SMILES string of the molecule is Brc1ccc(I)cc1.Brc1ccc(N(c2ccccc2)c2ccccc2)cc1.Brc1ccccc1.Nc1ccccc1.c1ccc(Nc2ccccc2)cc1. The maximum atomic E-state index is 5.36. The van der Waals surface area contributed by atoms with E-state index in [1.165, 1.54) is 3.57 Å². The Bertz CT molecular complexity index is 2010. The summed E-state index contributed by atoms with van der Waals surface area (Å²) >= 11 is 12.4. The first-order chi connectivity index (χ1) is 26.9. The Morgan fingerprint density at radius 2 is 0.636 bits per heavy atom. The van der Waals surface area contributed by atoms with Gasteiger partial charge in [0.15, 0.2) is 0 Å². The van der Waals surface area contributed by atoms with Gasteiger partial charge in [-0.25, -0.2) is 0 Å². The molecule has 3 nitrogen and oxygen atoms in total. The number of rotatable bonds is 5. The Morgan fingerprint density at radius 3 is 0.945 bits per heavy atom. The van der Waals surface area contributed by atoms with E-state index < -0.39 is 0 Å². The third-order valence-corrected chi connectivity index (χ3v) is 9.59. The zero-order valence-electron chi connectivity index (χ0n) is 30.0. The van der Waals surface area contributed by atoms with Crippen molar-refractivity contribution in [2.75, 3.05) is 16.0 Å². The molecule has 0 atom stereocenters. The second-order valence-corrected chi connectivity index (χ2v) is 15.5. The molecule has 0 radical (unpaired) electrons. The lowest BCUT2D eigenvalue weighted by atomic mass is 10.2. The lowest BCUT2D eigenvalue weighted by molar-refractivity contribution is 1.28. The molecule has 7 heteroatoms. The minimum atomic E-state index is 0.822. The van der Waals surface area contributed by atoms with Gasteiger partial charge in [0.1, 0.15) is 0 Å². The van der Waals surface area contributed by atoms with Gasteiger partial charge in [0.25, 0.3) is 0 Å². The van der Waals surface area contributed by atoms with Gasteiger partial charge >= 0.3 is 0 Å². The topological polar surface area (TPSA) is 41.3 Å². The first kappa shape index (κ1) is 43.1. The number of nitrogen functional groups attached to an aromatic ring is 1. The molecule has 0 fully saturated rings. The first-order valence-electron chi connectivity index (χ1n) is 17.3. The second-order valence-electron chi connectivity index (χ2n) is 11.5. The summed E-state index contributed by atoms with van der Waals surface area (Å²) in [6.45, 7) is 0. The fourth-order valence-corrected chi connectivity index (χ4v) is 5.89. The van der Waals surface area contributed by atoms with E-state index in [1.54, 1.807) is 0 Å². The summed E-state index contributed by atoms with van der Waals surface area (Å²) in [5, 5.41) is 3.30.